The van der Waals surface area contributed by atoms with E-state index < -0.39 is 11.8 Å². The predicted molar refractivity (Wildman–Crippen MR) is 116 cm³/mol. The van der Waals surface area contributed by atoms with Gasteiger partial charge in [0.1, 0.15) is 11.7 Å². The molecule has 152 valence electrons. The number of Topliss-reactive ketones (excluding diaryl/α,β-unsaturated/α-hetero) is 1. The van der Waals surface area contributed by atoms with E-state index in [9.17, 15) is 14.9 Å². The molecule has 0 saturated carbocycles. The number of hydrogen-bond acceptors (Lipinski definition) is 6. The maximum absolute atomic E-state index is 12.7. The van der Waals surface area contributed by atoms with E-state index in [2.05, 4.69) is 16.4 Å². The third-order valence-electron chi connectivity index (χ3n) is 5.34. The molecule has 1 aliphatic carbocycles. The SMILES string of the molecule is Cc1ccccc1NC(=O)CSC1=NC2=C(C(=O)CCC2)[C@H](c2ccco2)C1C#N. The molecule has 1 N–H and O–H groups in total. The van der Waals surface area contributed by atoms with E-state index in [0.29, 0.717) is 29.2 Å². The number of hydrogen-bond donors (Lipinski definition) is 1. The Morgan fingerprint density at radius 1 is 1.30 bits per heavy atom. The van der Waals surface area contributed by atoms with Gasteiger partial charge >= 0.3 is 0 Å². The van der Waals surface area contributed by atoms with Crippen LogP contribution in [0.25, 0.3) is 0 Å². The molecule has 2 aromatic rings. The van der Waals surface area contributed by atoms with Crippen LogP contribution in [0.4, 0.5) is 5.69 Å². The van der Waals surface area contributed by atoms with Crippen molar-refractivity contribution in [3.05, 3.63) is 65.3 Å². The smallest absolute Gasteiger partial charge is 0.234 e. The summed E-state index contributed by atoms with van der Waals surface area (Å²) in [4.78, 5) is 29.8. The number of aryl methyl sites for hydroxylation is 1. The van der Waals surface area contributed by atoms with E-state index in [0.717, 1.165) is 23.4 Å². The lowest BCUT2D eigenvalue weighted by Crippen LogP contribution is -2.31. The highest BCUT2D eigenvalue weighted by molar-refractivity contribution is 8.14. The van der Waals surface area contributed by atoms with Gasteiger partial charge in [-0.25, -0.2) is 4.99 Å². The third kappa shape index (κ3) is 3.96. The number of furan rings is 1. The zero-order valence-corrected chi connectivity index (χ0v) is 17.4. The molecule has 1 aromatic heterocycles. The van der Waals surface area contributed by atoms with Gasteiger partial charge in [0.2, 0.25) is 5.91 Å². The Morgan fingerprint density at radius 2 is 2.13 bits per heavy atom. The topological polar surface area (TPSA) is 95.5 Å². The highest BCUT2D eigenvalue weighted by atomic mass is 32.2. The minimum Gasteiger partial charge on any atom is -0.469 e. The van der Waals surface area contributed by atoms with Crippen molar-refractivity contribution in [2.24, 2.45) is 10.9 Å². The molecule has 30 heavy (non-hydrogen) atoms. The number of anilines is 1. The van der Waals surface area contributed by atoms with Gasteiger partial charge in [0.05, 0.1) is 29.0 Å². The molecule has 6 nitrogen and oxygen atoms in total. The standard InChI is InChI=1S/C23H21N3O3S/c1-14-6-2-3-7-16(14)25-20(28)13-30-23-15(12-24)21(19-10-5-11-29-19)22-17(26-23)8-4-9-18(22)27/h2-3,5-7,10-11,15,21H,4,8-9,13H2,1H3,(H,25,28)/t15?,21-/m0/s1. The Labute approximate surface area is 179 Å². The summed E-state index contributed by atoms with van der Waals surface area (Å²) < 4.78 is 5.59. The molecule has 1 unspecified atom stereocenters. The van der Waals surface area contributed by atoms with Crippen LogP contribution in [0.5, 0.6) is 0 Å². The molecule has 1 aliphatic heterocycles. The number of thioether (sulfide) groups is 1. The zero-order valence-electron chi connectivity index (χ0n) is 16.6. The van der Waals surface area contributed by atoms with Crippen molar-refractivity contribution in [3.63, 3.8) is 0 Å². The van der Waals surface area contributed by atoms with E-state index in [4.69, 9.17) is 4.42 Å². The number of para-hydroxylation sites is 1. The Morgan fingerprint density at radius 3 is 2.87 bits per heavy atom. The number of benzene rings is 1. The summed E-state index contributed by atoms with van der Waals surface area (Å²) in [6.45, 7) is 1.93. The van der Waals surface area contributed by atoms with Crippen LogP contribution in [0, 0.1) is 24.2 Å². The van der Waals surface area contributed by atoms with Crippen LogP contribution in [0.2, 0.25) is 0 Å². The molecule has 2 heterocycles. The second-order valence-corrected chi connectivity index (χ2v) is 8.33. The highest BCUT2D eigenvalue weighted by Crippen LogP contribution is 2.44. The Hall–Kier alpha value is -3.11. The van der Waals surface area contributed by atoms with Gasteiger partial charge in [-0.05, 0) is 43.5 Å². The Kier molecular flexibility index (Phi) is 5.86. The molecule has 1 aromatic carbocycles. The molecule has 4 rings (SSSR count). The summed E-state index contributed by atoms with van der Waals surface area (Å²) in [6, 6.07) is 13.4. The number of nitrogens with one attached hydrogen (secondary N) is 1. The molecule has 2 aliphatic rings. The van der Waals surface area contributed by atoms with Crippen molar-refractivity contribution in [2.75, 3.05) is 11.1 Å². The number of nitrogens with zero attached hydrogens (tertiary/aromatic N) is 2. The first-order chi connectivity index (χ1) is 14.6. The minimum atomic E-state index is -0.659. The van der Waals surface area contributed by atoms with Crippen LogP contribution in [0.1, 0.15) is 36.5 Å². The molecular formula is C23H21N3O3S. The van der Waals surface area contributed by atoms with E-state index in [1.54, 1.807) is 18.4 Å². The van der Waals surface area contributed by atoms with Gasteiger partial charge in [0.15, 0.2) is 5.78 Å². The number of allylic oxidation sites excluding steroid dienone is 2. The first-order valence-corrected chi connectivity index (χ1v) is 10.8. The van der Waals surface area contributed by atoms with Crippen molar-refractivity contribution >= 4 is 34.2 Å². The summed E-state index contributed by atoms with van der Waals surface area (Å²) in [5.74, 6) is -0.555. The predicted octanol–water partition coefficient (Wildman–Crippen LogP) is 4.60. The van der Waals surface area contributed by atoms with Gasteiger partial charge in [-0.15, -0.1) is 0 Å². The quantitative estimate of drug-likeness (QED) is 0.781. The van der Waals surface area contributed by atoms with Gasteiger partial charge in [0.25, 0.3) is 0 Å². The molecule has 0 fully saturated rings. The van der Waals surface area contributed by atoms with Crippen LogP contribution in [0.15, 0.2) is 63.3 Å². The molecule has 2 atom stereocenters. The van der Waals surface area contributed by atoms with Crippen molar-refractivity contribution in [1.82, 2.24) is 0 Å². The lowest BCUT2D eigenvalue weighted by molar-refractivity contribution is -0.116. The molecule has 0 bridgehead atoms. The van der Waals surface area contributed by atoms with Crippen LogP contribution < -0.4 is 5.32 Å². The number of amides is 1. The second kappa shape index (κ2) is 8.72. The summed E-state index contributed by atoms with van der Waals surface area (Å²) in [7, 11) is 0. The maximum atomic E-state index is 12.7. The maximum Gasteiger partial charge on any atom is 0.234 e. The van der Waals surface area contributed by atoms with Gasteiger partial charge in [-0.3, -0.25) is 9.59 Å². The largest absolute Gasteiger partial charge is 0.469 e. The normalized spacial score (nSPS) is 20.9. The Balaban J connectivity index is 1.58. The van der Waals surface area contributed by atoms with Crippen molar-refractivity contribution in [3.8, 4) is 6.07 Å². The molecule has 1 amide bonds. The first kappa shape index (κ1) is 20.2. The fraction of sp³-hybridized carbons (Fsp3) is 0.304. The molecule has 0 saturated heterocycles. The average Bonchev–Trinajstić information content (AvgIpc) is 3.27. The van der Waals surface area contributed by atoms with Crippen molar-refractivity contribution < 1.29 is 14.0 Å². The van der Waals surface area contributed by atoms with E-state index in [-0.39, 0.29) is 17.4 Å². The molecule has 0 radical (unpaired) electrons. The molecule has 7 heteroatoms. The van der Waals surface area contributed by atoms with Gasteiger partial charge in [-0.2, -0.15) is 5.26 Å². The van der Waals surface area contributed by atoms with Crippen LogP contribution >= 0.6 is 11.8 Å². The zero-order chi connectivity index (χ0) is 21.1. The van der Waals surface area contributed by atoms with E-state index in [1.165, 1.54) is 11.8 Å². The van der Waals surface area contributed by atoms with Gasteiger partial charge < -0.3 is 9.73 Å². The summed E-state index contributed by atoms with van der Waals surface area (Å²) >= 11 is 1.25. The van der Waals surface area contributed by atoms with Gasteiger partial charge in [0, 0.05) is 23.4 Å². The number of carbonyl (C=O) groups is 2. The Bertz CT molecular complexity index is 1080. The summed E-state index contributed by atoms with van der Waals surface area (Å²) in [5.41, 5.74) is 3.06. The lowest BCUT2D eigenvalue weighted by Gasteiger charge is -2.31. The highest BCUT2D eigenvalue weighted by Gasteiger charge is 2.42. The minimum absolute atomic E-state index is 0.0306. The number of aliphatic imine (C=N–C) groups is 1. The van der Waals surface area contributed by atoms with Crippen molar-refractivity contribution in [2.45, 2.75) is 32.1 Å². The number of ketones is 1. The summed E-state index contributed by atoms with van der Waals surface area (Å²) in [6.07, 6.45) is 3.45. The first-order valence-electron chi connectivity index (χ1n) is 9.84. The van der Waals surface area contributed by atoms with E-state index >= 15 is 0 Å². The van der Waals surface area contributed by atoms with Gasteiger partial charge in [-0.1, -0.05) is 30.0 Å². The fourth-order valence-electron chi connectivity index (χ4n) is 3.89. The average molecular weight is 420 g/mol. The summed E-state index contributed by atoms with van der Waals surface area (Å²) in [5, 5.41) is 13.4. The number of nitriles is 1. The lowest BCUT2D eigenvalue weighted by atomic mass is 9.76. The number of carbonyl (C=O) groups excluding carboxylic acids is 2. The molecular weight excluding hydrogens is 398 g/mol. The van der Waals surface area contributed by atoms with Crippen LogP contribution in [0.3, 0.4) is 0 Å². The monoisotopic (exact) mass is 419 g/mol. The third-order valence-corrected chi connectivity index (χ3v) is 6.39. The van der Waals surface area contributed by atoms with Crippen LogP contribution in [-0.4, -0.2) is 22.5 Å². The van der Waals surface area contributed by atoms with E-state index in [1.807, 2.05) is 31.2 Å². The van der Waals surface area contributed by atoms with Crippen LogP contribution in [-0.2, 0) is 9.59 Å². The second-order valence-electron chi connectivity index (χ2n) is 7.34. The fourth-order valence-corrected chi connectivity index (χ4v) is 4.79. The number of rotatable bonds is 4. The molecule has 0 spiro atoms. The van der Waals surface area contributed by atoms with Crippen molar-refractivity contribution in [1.29, 1.82) is 5.26 Å².